The molecule has 0 aliphatic carbocycles. The first-order chi connectivity index (χ1) is 9.29. The first-order valence-corrected chi connectivity index (χ1v) is 6.80. The first-order valence-electron chi connectivity index (χ1n) is 6.42. The largest absolute Gasteiger partial charge is 0.260 e. The van der Waals surface area contributed by atoms with E-state index < -0.39 is 0 Å². The van der Waals surface area contributed by atoms with Crippen LogP contribution in [0.3, 0.4) is 0 Å². The lowest BCUT2D eigenvalue weighted by molar-refractivity contribution is 1.06. The predicted molar refractivity (Wildman–Crippen MR) is 81.6 cm³/mol. The van der Waals surface area contributed by atoms with Crippen molar-refractivity contribution >= 4 is 22.4 Å². The topological polar surface area (TPSA) is 12.9 Å². The minimum atomic E-state index is 0.756. The molecule has 0 unspecified atom stereocenters. The van der Waals surface area contributed by atoms with Crippen molar-refractivity contribution in [2.24, 2.45) is 0 Å². The first kappa shape index (κ1) is 12.2. The van der Waals surface area contributed by atoms with Gasteiger partial charge >= 0.3 is 0 Å². The summed E-state index contributed by atoms with van der Waals surface area (Å²) in [5.41, 5.74) is 3.45. The van der Waals surface area contributed by atoms with Crippen LogP contribution in [0.25, 0.3) is 21.9 Å². The summed E-state index contributed by atoms with van der Waals surface area (Å²) in [5.74, 6) is 0. The van der Waals surface area contributed by atoms with Crippen molar-refractivity contribution in [3.63, 3.8) is 0 Å². The maximum Gasteiger partial charge on any atom is 0.0479 e. The minimum absolute atomic E-state index is 0.756. The van der Waals surface area contributed by atoms with Crippen molar-refractivity contribution in [1.29, 1.82) is 0 Å². The van der Waals surface area contributed by atoms with Gasteiger partial charge in [0.15, 0.2) is 0 Å². The summed E-state index contributed by atoms with van der Waals surface area (Å²) in [7, 11) is 0. The Morgan fingerprint density at radius 1 is 0.947 bits per heavy atom. The van der Waals surface area contributed by atoms with E-state index in [0.717, 1.165) is 28.3 Å². The molecule has 0 saturated heterocycles. The fourth-order valence-corrected chi connectivity index (χ4v) is 2.52. The molecule has 0 bridgehead atoms. The number of fused-ring (bicyclic) bond motifs is 1. The number of rotatable bonds is 2. The number of aryl methyl sites for hydroxylation is 1. The zero-order chi connectivity index (χ0) is 13.2. The van der Waals surface area contributed by atoms with Gasteiger partial charge in [-0.15, -0.1) is 0 Å². The van der Waals surface area contributed by atoms with E-state index in [0.29, 0.717) is 0 Å². The lowest BCUT2D eigenvalue weighted by Crippen LogP contribution is -1.91. The van der Waals surface area contributed by atoms with Gasteiger partial charge in [0, 0.05) is 27.9 Å². The normalized spacial score (nSPS) is 10.8. The Hall–Kier alpha value is -1.86. The van der Waals surface area contributed by atoms with Gasteiger partial charge in [0.25, 0.3) is 0 Å². The Morgan fingerprint density at radius 3 is 2.32 bits per heavy atom. The molecular formula is C17H14ClN. The number of pyridine rings is 1. The van der Waals surface area contributed by atoms with Crippen LogP contribution in [0.4, 0.5) is 0 Å². The van der Waals surface area contributed by atoms with Crippen LogP contribution in [0.15, 0.2) is 54.7 Å². The highest BCUT2D eigenvalue weighted by atomic mass is 35.5. The number of benzene rings is 2. The molecule has 3 rings (SSSR count). The van der Waals surface area contributed by atoms with Crippen LogP contribution in [-0.2, 0) is 6.42 Å². The predicted octanol–water partition coefficient (Wildman–Crippen LogP) is 5.12. The number of nitrogens with zero attached hydrogens (tertiary/aromatic N) is 1. The molecule has 3 aromatic rings. The van der Waals surface area contributed by atoms with Crippen molar-refractivity contribution in [2.75, 3.05) is 0 Å². The molecule has 2 aromatic carbocycles. The van der Waals surface area contributed by atoms with Gasteiger partial charge < -0.3 is 0 Å². The summed E-state index contributed by atoms with van der Waals surface area (Å²) in [6.07, 6.45) is 2.91. The number of hydrogen-bond acceptors (Lipinski definition) is 1. The van der Waals surface area contributed by atoms with Gasteiger partial charge in [-0.25, -0.2) is 0 Å². The molecule has 0 atom stereocenters. The lowest BCUT2D eigenvalue weighted by Gasteiger charge is -2.09. The van der Waals surface area contributed by atoms with Crippen LogP contribution in [-0.4, -0.2) is 4.98 Å². The third kappa shape index (κ3) is 2.22. The Balaban J connectivity index is 2.27. The molecule has 0 aliphatic heterocycles. The molecule has 1 heterocycles. The Morgan fingerprint density at radius 2 is 1.63 bits per heavy atom. The number of aromatic nitrogens is 1. The lowest BCUT2D eigenvalue weighted by atomic mass is 9.99. The third-order valence-corrected chi connectivity index (χ3v) is 3.62. The van der Waals surface area contributed by atoms with E-state index in [9.17, 15) is 0 Å². The van der Waals surface area contributed by atoms with Crippen molar-refractivity contribution in [3.8, 4) is 11.1 Å². The highest BCUT2D eigenvalue weighted by molar-refractivity contribution is 6.30. The zero-order valence-corrected chi connectivity index (χ0v) is 11.5. The highest BCUT2D eigenvalue weighted by Crippen LogP contribution is 2.30. The zero-order valence-electron chi connectivity index (χ0n) is 10.7. The average Bonchev–Trinajstić information content (AvgIpc) is 2.47. The van der Waals surface area contributed by atoms with Gasteiger partial charge in [0.05, 0.1) is 0 Å². The minimum Gasteiger partial charge on any atom is -0.260 e. The number of hydrogen-bond donors (Lipinski definition) is 0. The fourth-order valence-electron chi connectivity index (χ4n) is 2.39. The molecule has 1 nitrogen and oxygen atoms in total. The van der Waals surface area contributed by atoms with Crippen LogP contribution in [0.2, 0.25) is 5.02 Å². The van der Waals surface area contributed by atoms with Crippen LogP contribution >= 0.6 is 11.6 Å². The van der Waals surface area contributed by atoms with Gasteiger partial charge in [0.2, 0.25) is 0 Å². The quantitative estimate of drug-likeness (QED) is 0.628. The highest BCUT2D eigenvalue weighted by Gasteiger charge is 2.07. The van der Waals surface area contributed by atoms with Gasteiger partial charge in [-0.1, -0.05) is 54.9 Å². The molecular weight excluding hydrogens is 254 g/mol. The summed E-state index contributed by atoms with van der Waals surface area (Å²) in [6.45, 7) is 2.14. The Kier molecular flexibility index (Phi) is 3.22. The van der Waals surface area contributed by atoms with Crippen molar-refractivity contribution in [1.82, 2.24) is 4.98 Å². The molecule has 0 aliphatic rings. The SMILES string of the molecule is CCc1ncc(-c2ccc(Cl)cc2)c2ccccc12. The molecule has 0 spiro atoms. The van der Waals surface area contributed by atoms with Gasteiger partial charge in [-0.3, -0.25) is 4.98 Å². The molecule has 0 saturated carbocycles. The second kappa shape index (κ2) is 5.02. The molecule has 1 aromatic heterocycles. The van der Waals surface area contributed by atoms with E-state index in [2.05, 4.69) is 36.2 Å². The second-order valence-electron chi connectivity index (χ2n) is 4.52. The van der Waals surface area contributed by atoms with Crippen molar-refractivity contribution in [2.45, 2.75) is 13.3 Å². The van der Waals surface area contributed by atoms with Crippen molar-refractivity contribution in [3.05, 3.63) is 65.4 Å². The maximum atomic E-state index is 5.95. The summed E-state index contributed by atoms with van der Waals surface area (Å²) in [4.78, 5) is 4.59. The maximum absolute atomic E-state index is 5.95. The Bertz CT molecular complexity index is 717. The van der Waals surface area contributed by atoms with E-state index in [1.165, 1.54) is 10.8 Å². The smallest absolute Gasteiger partial charge is 0.0479 e. The molecule has 94 valence electrons. The molecule has 0 fully saturated rings. The van der Waals surface area contributed by atoms with E-state index in [1.807, 2.05) is 30.5 Å². The molecule has 0 amide bonds. The number of halogens is 1. The molecule has 0 N–H and O–H groups in total. The third-order valence-electron chi connectivity index (χ3n) is 3.37. The van der Waals surface area contributed by atoms with Gasteiger partial charge in [0.1, 0.15) is 0 Å². The molecule has 19 heavy (non-hydrogen) atoms. The van der Waals surface area contributed by atoms with Crippen LogP contribution in [0.5, 0.6) is 0 Å². The van der Waals surface area contributed by atoms with Gasteiger partial charge in [-0.05, 0) is 29.5 Å². The second-order valence-corrected chi connectivity index (χ2v) is 4.96. The van der Waals surface area contributed by atoms with E-state index in [1.54, 1.807) is 0 Å². The molecule has 0 radical (unpaired) electrons. The summed E-state index contributed by atoms with van der Waals surface area (Å²) in [5, 5.41) is 3.24. The van der Waals surface area contributed by atoms with Crippen molar-refractivity contribution < 1.29 is 0 Å². The van der Waals surface area contributed by atoms with E-state index >= 15 is 0 Å². The fraction of sp³-hybridized carbons (Fsp3) is 0.118. The monoisotopic (exact) mass is 267 g/mol. The summed E-state index contributed by atoms with van der Waals surface area (Å²) in [6, 6.07) is 16.3. The summed E-state index contributed by atoms with van der Waals surface area (Å²) >= 11 is 5.95. The Labute approximate surface area is 117 Å². The van der Waals surface area contributed by atoms with Crippen LogP contribution in [0.1, 0.15) is 12.6 Å². The van der Waals surface area contributed by atoms with E-state index in [-0.39, 0.29) is 0 Å². The van der Waals surface area contributed by atoms with Crippen LogP contribution in [0, 0.1) is 0 Å². The van der Waals surface area contributed by atoms with E-state index in [4.69, 9.17) is 11.6 Å². The summed E-state index contributed by atoms with van der Waals surface area (Å²) < 4.78 is 0. The molecule has 2 heteroatoms. The van der Waals surface area contributed by atoms with Gasteiger partial charge in [-0.2, -0.15) is 0 Å². The van der Waals surface area contributed by atoms with Crippen LogP contribution < -0.4 is 0 Å². The standard InChI is InChI=1S/C17H14ClN/c1-2-17-15-6-4-3-5-14(15)16(11-19-17)12-7-9-13(18)10-8-12/h3-11H,2H2,1H3. The average molecular weight is 268 g/mol.